The minimum absolute atomic E-state index is 0.0839. The number of carbonyl (C=O) groups excluding carboxylic acids is 2. The van der Waals surface area contributed by atoms with Crippen molar-refractivity contribution in [2.24, 2.45) is 0 Å². The Balaban J connectivity index is 1.51. The van der Waals surface area contributed by atoms with Crippen molar-refractivity contribution in [2.75, 3.05) is 16.8 Å². The highest BCUT2D eigenvalue weighted by Crippen LogP contribution is 2.32. The summed E-state index contributed by atoms with van der Waals surface area (Å²) < 4.78 is 0. The number of hydrogen-bond acceptors (Lipinski definition) is 4. The van der Waals surface area contributed by atoms with E-state index in [1.165, 1.54) is 16.9 Å². The fourth-order valence-electron chi connectivity index (χ4n) is 3.15. The molecule has 2 aromatic heterocycles. The predicted octanol–water partition coefficient (Wildman–Crippen LogP) is 3.92. The van der Waals surface area contributed by atoms with Crippen molar-refractivity contribution in [2.45, 2.75) is 12.3 Å². The number of hydrogen-bond donors (Lipinski definition) is 1. The second-order valence-corrected chi connectivity index (χ2v) is 7.09. The molecule has 0 bridgehead atoms. The molecule has 3 heterocycles. The Morgan fingerprint density at radius 1 is 1.15 bits per heavy atom. The number of amides is 2. The summed E-state index contributed by atoms with van der Waals surface area (Å²) in [5.74, 6) is 0.512. The number of aromatic nitrogens is 1. The smallest absolute Gasteiger partial charge is 0.266 e. The van der Waals surface area contributed by atoms with Gasteiger partial charge in [0.15, 0.2) is 0 Å². The van der Waals surface area contributed by atoms with Gasteiger partial charge in [-0.1, -0.05) is 36.4 Å². The molecule has 1 saturated heterocycles. The van der Waals surface area contributed by atoms with Crippen LogP contribution in [0.15, 0.2) is 66.2 Å². The van der Waals surface area contributed by atoms with E-state index in [4.69, 9.17) is 0 Å². The molecule has 26 heavy (non-hydrogen) atoms. The summed E-state index contributed by atoms with van der Waals surface area (Å²) >= 11 is 1.37. The average molecular weight is 363 g/mol. The maximum absolute atomic E-state index is 12.5. The number of rotatable bonds is 4. The van der Waals surface area contributed by atoms with Crippen molar-refractivity contribution in [1.29, 1.82) is 0 Å². The highest BCUT2D eigenvalue weighted by atomic mass is 32.1. The fraction of sp³-hybridized carbons (Fsp3) is 0.150. The lowest BCUT2D eigenvalue weighted by molar-refractivity contribution is -0.117. The minimum Gasteiger partial charge on any atom is -0.312 e. The topological polar surface area (TPSA) is 62.3 Å². The zero-order valence-corrected chi connectivity index (χ0v) is 14.8. The summed E-state index contributed by atoms with van der Waals surface area (Å²) in [5.41, 5.74) is 1.92. The van der Waals surface area contributed by atoms with Gasteiger partial charge >= 0.3 is 0 Å². The fourth-order valence-corrected chi connectivity index (χ4v) is 3.77. The zero-order chi connectivity index (χ0) is 17.9. The Bertz CT molecular complexity index is 925. The lowest BCUT2D eigenvalue weighted by atomic mass is 9.99. The largest absolute Gasteiger partial charge is 0.312 e. The lowest BCUT2D eigenvalue weighted by Crippen LogP contribution is -2.24. The molecule has 1 fully saturated rings. The van der Waals surface area contributed by atoms with Crippen LogP contribution in [0.2, 0.25) is 0 Å². The Labute approximate surface area is 155 Å². The van der Waals surface area contributed by atoms with Crippen LogP contribution in [-0.2, 0) is 4.79 Å². The molecule has 1 aliphatic heterocycles. The van der Waals surface area contributed by atoms with E-state index in [9.17, 15) is 9.59 Å². The molecule has 1 aliphatic rings. The van der Waals surface area contributed by atoms with Gasteiger partial charge < -0.3 is 10.2 Å². The van der Waals surface area contributed by atoms with Crippen LogP contribution in [0.25, 0.3) is 0 Å². The molecular weight excluding hydrogens is 346 g/mol. The Morgan fingerprint density at radius 3 is 2.77 bits per heavy atom. The van der Waals surface area contributed by atoms with Gasteiger partial charge in [0.1, 0.15) is 5.82 Å². The van der Waals surface area contributed by atoms with Crippen LogP contribution in [0.5, 0.6) is 0 Å². The molecule has 0 unspecified atom stereocenters. The third kappa shape index (κ3) is 3.36. The summed E-state index contributed by atoms with van der Waals surface area (Å²) in [5, 5.41) is 4.64. The number of anilines is 2. The van der Waals surface area contributed by atoms with Gasteiger partial charge in [0.2, 0.25) is 5.91 Å². The van der Waals surface area contributed by atoms with E-state index in [1.54, 1.807) is 29.3 Å². The average Bonchev–Trinajstić information content (AvgIpc) is 3.33. The van der Waals surface area contributed by atoms with Gasteiger partial charge in [0, 0.05) is 36.8 Å². The first-order valence-corrected chi connectivity index (χ1v) is 9.25. The van der Waals surface area contributed by atoms with E-state index < -0.39 is 0 Å². The van der Waals surface area contributed by atoms with Gasteiger partial charge in [0.05, 0.1) is 4.88 Å². The van der Waals surface area contributed by atoms with E-state index in [0.717, 1.165) is 5.69 Å². The molecule has 6 heteroatoms. The van der Waals surface area contributed by atoms with Crippen molar-refractivity contribution >= 4 is 34.7 Å². The van der Waals surface area contributed by atoms with Crippen LogP contribution in [0, 0.1) is 0 Å². The Kier molecular flexibility index (Phi) is 4.50. The summed E-state index contributed by atoms with van der Waals surface area (Å²) in [7, 11) is 0. The molecule has 1 atom stereocenters. The maximum atomic E-state index is 12.5. The van der Waals surface area contributed by atoms with Crippen molar-refractivity contribution in [3.63, 3.8) is 0 Å². The maximum Gasteiger partial charge on any atom is 0.266 e. The molecule has 0 spiro atoms. The molecule has 5 nitrogen and oxygen atoms in total. The molecule has 0 aliphatic carbocycles. The second-order valence-electron chi connectivity index (χ2n) is 6.15. The zero-order valence-electron chi connectivity index (χ0n) is 14.0. The standard InChI is InChI=1S/C20H17N3O2S/c24-19-11-15(14-5-2-1-3-6-14)13-23(19)16-8-9-21-18(12-16)22-20(25)17-7-4-10-26-17/h1-10,12,15H,11,13H2,(H,21,22,25)/t15-/m1/s1. The van der Waals surface area contributed by atoms with Crippen LogP contribution < -0.4 is 10.2 Å². The van der Waals surface area contributed by atoms with Gasteiger partial charge in [-0.05, 0) is 23.1 Å². The molecule has 0 saturated carbocycles. The van der Waals surface area contributed by atoms with Crippen LogP contribution >= 0.6 is 11.3 Å². The molecule has 1 N–H and O–H groups in total. The van der Waals surface area contributed by atoms with Gasteiger partial charge in [-0.25, -0.2) is 4.98 Å². The first kappa shape index (κ1) is 16.5. The first-order valence-electron chi connectivity index (χ1n) is 8.37. The van der Waals surface area contributed by atoms with Crippen LogP contribution in [0.1, 0.15) is 27.6 Å². The van der Waals surface area contributed by atoms with Crippen molar-refractivity contribution in [1.82, 2.24) is 4.98 Å². The molecule has 1 aromatic carbocycles. The van der Waals surface area contributed by atoms with Crippen LogP contribution in [0.3, 0.4) is 0 Å². The van der Waals surface area contributed by atoms with Gasteiger partial charge in [0.25, 0.3) is 5.91 Å². The van der Waals surface area contributed by atoms with Crippen LogP contribution in [-0.4, -0.2) is 23.3 Å². The summed E-state index contributed by atoms with van der Waals surface area (Å²) in [4.78, 5) is 31.3. The SMILES string of the molecule is O=C(Nc1cc(N2C[C@H](c3ccccc3)CC2=O)ccn1)c1cccs1. The van der Waals surface area contributed by atoms with Crippen LogP contribution in [0.4, 0.5) is 11.5 Å². The molecule has 130 valence electrons. The Morgan fingerprint density at radius 2 is 2.00 bits per heavy atom. The summed E-state index contributed by atoms with van der Waals surface area (Å²) in [6.45, 7) is 0.630. The van der Waals surface area contributed by atoms with E-state index in [-0.39, 0.29) is 17.7 Å². The molecule has 4 rings (SSSR count). The monoisotopic (exact) mass is 363 g/mol. The highest BCUT2D eigenvalue weighted by molar-refractivity contribution is 7.12. The van der Waals surface area contributed by atoms with Crippen molar-refractivity contribution < 1.29 is 9.59 Å². The molecule has 0 radical (unpaired) electrons. The van der Waals surface area contributed by atoms with Gasteiger partial charge in [-0.2, -0.15) is 0 Å². The minimum atomic E-state index is -0.195. The second kappa shape index (κ2) is 7.09. The van der Waals surface area contributed by atoms with E-state index in [1.807, 2.05) is 29.6 Å². The quantitative estimate of drug-likeness (QED) is 0.764. The summed E-state index contributed by atoms with van der Waals surface area (Å²) in [6, 6.07) is 17.2. The number of pyridine rings is 1. The lowest BCUT2D eigenvalue weighted by Gasteiger charge is -2.17. The van der Waals surface area contributed by atoms with Gasteiger partial charge in [-0.15, -0.1) is 11.3 Å². The highest BCUT2D eigenvalue weighted by Gasteiger charge is 2.31. The predicted molar refractivity (Wildman–Crippen MR) is 103 cm³/mol. The Hall–Kier alpha value is -2.99. The van der Waals surface area contributed by atoms with E-state index in [0.29, 0.717) is 23.7 Å². The normalized spacial score (nSPS) is 16.7. The summed E-state index contributed by atoms with van der Waals surface area (Å²) in [6.07, 6.45) is 2.10. The number of benzene rings is 1. The molecular formula is C20H17N3O2S. The number of nitrogens with one attached hydrogen (secondary N) is 1. The number of nitrogens with zero attached hydrogens (tertiary/aromatic N) is 2. The molecule has 2 amide bonds. The van der Waals surface area contributed by atoms with E-state index in [2.05, 4.69) is 22.4 Å². The molecule has 3 aromatic rings. The van der Waals surface area contributed by atoms with Crippen molar-refractivity contribution in [3.8, 4) is 0 Å². The van der Waals surface area contributed by atoms with Crippen molar-refractivity contribution in [3.05, 3.63) is 76.6 Å². The van der Waals surface area contributed by atoms with E-state index >= 15 is 0 Å². The number of thiophene rings is 1. The van der Waals surface area contributed by atoms with Gasteiger partial charge in [-0.3, -0.25) is 9.59 Å². The first-order chi connectivity index (χ1) is 12.7. The number of carbonyl (C=O) groups is 2. The third-order valence-electron chi connectivity index (χ3n) is 4.44. The third-order valence-corrected chi connectivity index (χ3v) is 5.31.